The van der Waals surface area contributed by atoms with Crippen LogP contribution in [0.15, 0.2) is 0 Å². The molecule has 3 N–H and O–H groups in total. The maximum absolute atomic E-state index is 11.1. The quantitative estimate of drug-likeness (QED) is 0.529. The van der Waals surface area contributed by atoms with Crippen LogP contribution in [0, 0.1) is 5.92 Å². The second kappa shape index (κ2) is 6.47. The Morgan fingerprint density at radius 2 is 2.25 bits per heavy atom. The molecule has 5 heteroatoms. The molecule has 0 bridgehead atoms. The number of aliphatic hydroxyl groups excluding tert-OH is 2. The number of carbonyl (C=O) groups is 1. The molecule has 16 heavy (non-hydrogen) atoms. The van der Waals surface area contributed by atoms with Crippen LogP contribution in [0.4, 0.5) is 0 Å². The van der Waals surface area contributed by atoms with Crippen molar-refractivity contribution in [2.45, 2.75) is 50.0 Å². The summed E-state index contributed by atoms with van der Waals surface area (Å²) < 4.78 is 0. The molecule has 1 amide bonds. The molecule has 0 saturated heterocycles. The zero-order valence-corrected chi connectivity index (χ0v) is 10.5. The fourth-order valence-electron chi connectivity index (χ4n) is 2.42. The molecule has 1 aliphatic rings. The van der Waals surface area contributed by atoms with Crippen LogP contribution in [0.2, 0.25) is 0 Å². The van der Waals surface area contributed by atoms with Gasteiger partial charge >= 0.3 is 0 Å². The van der Waals surface area contributed by atoms with Gasteiger partial charge in [-0.15, -0.1) is 0 Å². The van der Waals surface area contributed by atoms with E-state index in [0.717, 1.165) is 19.3 Å². The van der Waals surface area contributed by atoms with Gasteiger partial charge in [0.2, 0.25) is 5.91 Å². The summed E-state index contributed by atoms with van der Waals surface area (Å²) in [6.07, 6.45) is 2.69. The Labute approximate surface area is 102 Å². The van der Waals surface area contributed by atoms with Crippen LogP contribution in [-0.4, -0.2) is 40.1 Å². The highest BCUT2D eigenvalue weighted by molar-refractivity contribution is 7.81. The Hall–Kier alpha value is -0.260. The van der Waals surface area contributed by atoms with Crippen LogP contribution in [0.1, 0.15) is 32.6 Å². The first-order chi connectivity index (χ1) is 7.56. The summed E-state index contributed by atoms with van der Waals surface area (Å²) >= 11 is 4.49. The summed E-state index contributed by atoms with van der Waals surface area (Å²) in [6, 6.07) is -0.283. The van der Waals surface area contributed by atoms with Crippen molar-refractivity contribution in [3.8, 4) is 0 Å². The molecule has 0 spiro atoms. The standard InChI is InChI=1S/C11H21NO3S/c1-7(14)12-11(9(15)5-6-13)8-3-2-4-10(8)16/h8-11,13,15-16H,2-6H2,1H3,(H,12,14)/t8?,9?,10-,11?/m1/s1. The molecule has 0 aliphatic heterocycles. The van der Waals surface area contributed by atoms with E-state index in [4.69, 9.17) is 5.11 Å². The predicted octanol–water partition coefficient (Wildman–Crippen LogP) is 0.333. The van der Waals surface area contributed by atoms with E-state index in [1.165, 1.54) is 6.92 Å². The Morgan fingerprint density at radius 3 is 2.69 bits per heavy atom. The molecule has 1 rings (SSSR count). The van der Waals surface area contributed by atoms with Crippen molar-refractivity contribution in [3.05, 3.63) is 0 Å². The molecule has 4 atom stereocenters. The Bertz CT molecular complexity index is 237. The normalized spacial score (nSPS) is 28.8. The SMILES string of the molecule is CC(=O)NC(C(O)CCO)C1CCC[C@H]1S. The summed E-state index contributed by atoms with van der Waals surface area (Å²) in [5, 5.41) is 21.8. The van der Waals surface area contributed by atoms with Crippen LogP contribution in [-0.2, 0) is 4.79 Å². The summed E-state index contributed by atoms with van der Waals surface area (Å²) in [5.41, 5.74) is 0. The third-order valence-corrected chi connectivity index (χ3v) is 3.84. The number of nitrogens with one attached hydrogen (secondary N) is 1. The van der Waals surface area contributed by atoms with Crippen molar-refractivity contribution in [1.82, 2.24) is 5.32 Å². The molecule has 4 nitrogen and oxygen atoms in total. The van der Waals surface area contributed by atoms with Crippen LogP contribution < -0.4 is 5.32 Å². The van der Waals surface area contributed by atoms with Crippen molar-refractivity contribution in [2.24, 2.45) is 5.92 Å². The van der Waals surface area contributed by atoms with Gasteiger partial charge in [-0.3, -0.25) is 4.79 Å². The van der Waals surface area contributed by atoms with Gasteiger partial charge in [-0.1, -0.05) is 6.42 Å². The Balaban J connectivity index is 2.65. The first-order valence-electron chi connectivity index (χ1n) is 5.80. The molecule has 0 aromatic carbocycles. The lowest BCUT2D eigenvalue weighted by molar-refractivity contribution is -0.121. The zero-order chi connectivity index (χ0) is 12.1. The van der Waals surface area contributed by atoms with E-state index in [2.05, 4.69) is 17.9 Å². The largest absolute Gasteiger partial charge is 0.396 e. The summed E-state index contributed by atoms with van der Waals surface area (Å²) in [7, 11) is 0. The topological polar surface area (TPSA) is 69.6 Å². The molecule has 3 unspecified atom stereocenters. The first-order valence-corrected chi connectivity index (χ1v) is 6.32. The van der Waals surface area contributed by atoms with Crippen molar-refractivity contribution in [2.75, 3.05) is 6.61 Å². The fourth-order valence-corrected chi connectivity index (χ4v) is 2.94. The average Bonchev–Trinajstić information content (AvgIpc) is 2.61. The van der Waals surface area contributed by atoms with Gasteiger partial charge < -0.3 is 15.5 Å². The lowest BCUT2D eigenvalue weighted by Crippen LogP contribution is -2.49. The highest BCUT2D eigenvalue weighted by Crippen LogP contribution is 2.33. The van der Waals surface area contributed by atoms with Crippen LogP contribution in [0.3, 0.4) is 0 Å². The van der Waals surface area contributed by atoms with Gasteiger partial charge in [-0.05, 0) is 25.2 Å². The van der Waals surface area contributed by atoms with E-state index < -0.39 is 6.10 Å². The number of amides is 1. The minimum atomic E-state index is -0.688. The van der Waals surface area contributed by atoms with E-state index in [-0.39, 0.29) is 29.7 Å². The van der Waals surface area contributed by atoms with E-state index >= 15 is 0 Å². The van der Waals surface area contributed by atoms with Crippen LogP contribution >= 0.6 is 12.6 Å². The maximum Gasteiger partial charge on any atom is 0.217 e. The Kier molecular flexibility index (Phi) is 5.58. The van der Waals surface area contributed by atoms with Crippen molar-refractivity contribution in [3.63, 3.8) is 0 Å². The highest BCUT2D eigenvalue weighted by atomic mass is 32.1. The highest BCUT2D eigenvalue weighted by Gasteiger charge is 2.35. The minimum Gasteiger partial charge on any atom is -0.396 e. The number of carbonyl (C=O) groups excluding carboxylic acids is 1. The van der Waals surface area contributed by atoms with Gasteiger partial charge in [-0.2, -0.15) is 12.6 Å². The zero-order valence-electron chi connectivity index (χ0n) is 9.59. The van der Waals surface area contributed by atoms with Crippen molar-refractivity contribution in [1.29, 1.82) is 0 Å². The van der Waals surface area contributed by atoms with Crippen LogP contribution in [0.5, 0.6) is 0 Å². The number of rotatable bonds is 5. The van der Waals surface area contributed by atoms with E-state index in [0.29, 0.717) is 6.42 Å². The number of aliphatic hydroxyl groups is 2. The third kappa shape index (κ3) is 3.64. The van der Waals surface area contributed by atoms with Gasteiger partial charge in [-0.25, -0.2) is 0 Å². The second-order valence-corrected chi connectivity index (χ2v) is 5.13. The van der Waals surface area contributed by atoms with Crippen molar-refractivity contribution >= 4 is 18.5 Å². The van der Waals surface area contributed by atoms with E-state index in [1.54, 1.807) is 0 Å². The van der Waals surface area contributed by atoms with Gasteiger partial charge in [0, 0.05) is 18.8 Å². The van der Waals surface area contributed by atoms with Gasteiger partial charge in [0.15, 0.2) is 0 Å². The molecule has 0 aromatic rings. The molecule has 1 aliphatic carbocycles. The first kappa shape index (κ1) is 13.8. The van der Waals surface area contributed by atoms with Crippen molar-refractivity contribution < 1.29 is 15.0 Å². The summed E-state index contributed by atoms with van der Waals surface area (Å²) in [5.74, 6) is 0.0585. The number of thiol groups is 1. The van der Waals surface area contributed by atoms with E-state index in [9.17, 15) is 9.90 Å². The average molecular weight is 247 g/mol. The molecule has 0 aromatic heterocycles. The molecule has 1 saturated carbocycles. The molecule has 1 fully saturated rings. The van der Waals surface area contributed by atoms with Gasteiger partial charge in [0.1, 0.15) is 0 Å². The maximum atomic E-state index is 11.1. The fraction of sp³-hybridized carbons (Fsp3) is 0.909. The minimum absolute atomic E-state index is 0.0682. The molecule has 94 valence electrons. The number of hydrogen-bond acceptors (Lipinski definition) is 4. The van der Waals surface area contributed by atoms with Crippen LogP contribution in [0.25, 0.3) is 0 Å². The molecular formula is C11H21NO3S. The predicted molar refractivity (Wildman–Crippen MR) is 65.4 cm³/mol. The lowest BCUT2D eigenvalue weighted by Gasteiger charge is -2.31. The van der Waals surface area contributed by atoms with Gasteiger partial charge in [0.05, 0.1) is 12.1 Å². The van der Waals surface area contributed by atoms with Gasteiger partial charge in [0.25, 0.3) is 0 Å². The molecule has 0 heterocycles. The smallest absolute Gasteiger partial charge is 0.217 e. The second-order valence-electron chi connectivity index (χ2n) is 4.47. The number of hydrogen-bond donors (Lipinski definition) is 4. The lowest BCUT2D eigenvalue weighted by atomic mass is 9.91. The monoisotopic (exact) mass is 247 g/mol. The summed E-state index contributed by atoms with van der Waals surface area (Å²) in [4.78, 5) is 11.1. The third-order valence-electron chi connectivity index (χ3n) is 3.20. The molecular weight excluding hydrogens is 226 g/mol. The molecule has 0 radical (unpaired) electrons. The van der Waals surface area contributed by atoms with E-state index in [1.807, 2.05) is 0 Å². The summed E-state index contributed by atoms with van der Waals surface area (Å²) in [6.45, 7) is 1.38. The Morgan fingerprint density at radius 1 is 1.56 bits per heavy atom.